The predicted octanol–water partition coefficient (Wildman–Crippen LogP) is 5.40. The molecule has 0 spiro atoms. The molecule has 7 nitrogen and oxygen atoms in total. The lowest BCUT2D eigenvalue weighted by atomic mass is 10.0. The van der Waals surface area contributed by atoms with Crippen molar-refractivity contribution in [3.05, 3.63) is 88.4 Å². The topological polar surface area (TPSA) is 77.1 Å². The molecule has 0 radical (unpaired) electrons. The number of hydrogen-bond donors (Lipinski definition) is 1. The Morgan fingerprint density at radius 2 is 1.50 bits per heavy atom. The third-order valence-electron chi connectivity index (χ3n) is 6.23. The van der Waals surface area contributed by atoms with Crippen molar-refractivity contribution in [3.63, 3.8) is 0 Å². The molecule has 0 aliphatic carbocycles. The molecule has 0 bridgehead atoms. The Bertz CT molecular complexity index is 1160. The molecule has 3 aromatic carbocycles. The van der Waals surface area contributed by atoms with Gasteiger partial charge in [-0.15, -0.1) is 0 Å². The van der Waals surface area contributed by atoms with Gasteiger partial charge < -0.3 is 24.4 Å². The lowest BCUT2D eigenvalue weighted by Crippen LogP contribution is -2.53. The van der Waals surface area contributed by atoms with Crippen LogP contribution in [0.5, 0.6) is 17.2 Å². The third kappa shape index (κ3) is 8.52. The minimum absolute atomic E-state index is 0.0223. The number of amides is 2. The van der Waals surface area contributed by atoms with Crippen molar-refractivity contribution in [1.82, 2.24) is 10.2 Å². The maximum absolute atomic E-state index is 13.7. The fourth-order valence-corrected chi connectivity index (χ4v) is 4.14. The number of methoxy groups -OCH3 is 2. The molecule has 1 N–H and O–H groups in total. The van der Waals surface area contributed by atoms with Gasteiger partial charge in [0.05, 0.1) is 14.2 Å². The molecule has 38 heavy (non-hydrogen) atoms. The van der Waals surface area contributed by atoms with Crippen LogP contribution in [0.2, 0.25) is 0 Å². The van der Waals surface area contributed by atoms with Crippen LogP contribution in [0.1, 0.15) is 31.4 Å². The summed E-state index contributed by atoms with van der Waals surface area (Å²) in [6, 6.07) is 21.8. The second-order valence-electron chi connectivity index (χ2n) is 9.01. The van der Waals surface area contributed by atoms with Crippen LogP contribution in [-0.4, -0.2) is 49.6 Å². The monoisotopic (exact) mass is 582 g/mol. The van der Waals surface area contributed by atoms with Gasteiger partial charge in [-0.2, -0.15) is 0 Å². The first-order valence-corrected chi connectivity index (χ1v) is 13.4. The summed E-state index contributed by atoms with van der Waals surface area (Å²) in [5, 5.41) is 3.07. The van der Waals surface area contributed by atoms with Crippen molar-refractivity contribution in [2.45, 2.75) is 45.3 Å². The molecule has 0 saturated heterocycles. The van der Waals surface area contributed by atoms with E-state index in [1.54, 1.807) is 37.3 Å². The van der Waals surface area contributed by atoms with Gasteiger partial charge in [0.2, 0.25) is 5.91 Å². The number of nitrogens with one attached hydrogen (secondary N) is 1. The Morgan fingerprint density at radius 3 is 2.08 bits per heavy atom. The first-order chi connectivity index (χ1) is 18.3. The van der Waals surface area contributed by atoms with Crippen molar-refractivity contribution >= 4 is 27.7 Å². The van der Waals surface area contributed by atoms with Crippen LogP contribution in [0.4, 0.5) is 0 Å². The van der Waals surface area contributed by atoms with E-state index >= 15 is 0 Å². The molecule has 8 heteroatoms. The van der Waals surface area contributed by atoms with Gasteiger partial charge in [0.25, 0.3) is 5.91 Å². The molecule has 202 valence electrons. The zero-order valence-electron chi connectivity index (χ0n) is 22.3. The molecule has 0 aliphatic rings. The Labute approximate surface area is 233 Å². The zero-order valence-corrected chi connectivity index (χ0v) is 23.9. The summed E-state index contributed by atoms with van der Waals surface area (Å²) >= 11 is 3.46. The number of hydrogen-bond acceptors (Lipinski definition) is 5. The molecule has 0 fully saturated rings. The van der Waals surface area contributed by atoms with Crippen molar-refractivity contribution in [2.24, 2.45) is 0 Å². The van der Waals surface area contributed by atoms with Gasteiger partial charge >= 0.3 is 0 Å². The number of carbonyl (C=O) groups is 2. The highest BCUT2D eigenvalue weighted by Gasteiger charge is 2.31. The van der Waals surface area contributed by atoms with Crippen molar-refractivity contribution in [2.75, 3.05) is 20.8 Å². The van der Waals surface area contributed by atoms with E-state index in [1.165, 1.54) is 0 Å². The third-order valence-corrected chi connectivity index (χ3v) is 6.75. The van der Waals surface area contributed by atoms with E-state index in [0.29, 0.717) is 23.7 Å². The summed E-state index contributed by atoms with van der Waals surface area (Å²) < 4.78 is 17.4. The smallest absolute Gasteiger partial charge is 0.261 e. The van der Waals surface area contributed by atoms with Crippen LogP contribution in [0, 0.1) is 0 Å². The molecule has 3 aromatic rings. The van der Waals surface area contributed by atoms with Crippen molar-refractivity contribution in [1.29, 1.82) is 0 Å². The van der Waals surface area contributed by atoms with E-state index < -0.39 is 6.04 Å². The van der Waals surface area contributed by atoms with Crippen LogP contribution in [0.15, 0.2) is 77.3 Å². The fourth-order valence-electron chi connectivity index (χ4n) is 3.87. The Morgan fingerprint density at radius 1 is 0.895 bits per heavy atom. The van der Waals surface area contributed by atoms with E-state index in [0.717, 1.165) is 22.0 Å². The van der Waals surface area contributed by atoms with Gasteiger partial charge in [-0.1, -0.05) is 65.3 Å². The van der Waals surface area contributed by atoms with E-state index in [-0.39, 0.29) is 31.0 Å². The average molecular weight is 584 g/mol. The van der Waals surface area contributed by atoms with Gasteiger partial charge in [-0.3, -0.25) is 9.59 Å². The molecule has 3 rings (SSSR count). The van der Waals surface area contributed by atoms with E-state index in [4.69, 9.17) is 14.2 Å². The second-order valence-corrected chi connectivity index (χ2v) is 9.92. The number of ether oxygens (including phenoxy) is 3. The van der Waals surface area contributed by atoms with Gasteiger partial charge in [0.15, 0.2) is 6.61 Å². The first-order valence-electron chi connectivity index (χ1n) is 12.6. The molecule has 2 amide bonds. The molecule has 0 aliphatic heterocycles. The van der Waals surface area contributed by atoms with Crippen molar-refractivity contribution in [3.8, 4) is 17.2 Å². The highest BCUT2D eigenvalue weighted by atomic mass is 79.9. The summed E-state index contributed by atoms with van der Waals surface area (Å²) in [5.41, 5.74) is 1.86. The Balaban J connectivity index is 1.92. The summed E-state index contributed by atoms with van der Waals surface area (Å²) in [6.45, 7) is 3.97. The summed E-state index contributed by atoms with van der Waals surface area (Å²) in [6.07, 6.45) is 1.16. The number of benzene rings is 3. The second kappa shape index (κ2) is 14.4. The van der Waals surface area contributed by atoms with E-state index in [9.17, 15) is 9.59 Å². The normalized spacial score (nSPS) is 12.2. The number of rotatable bonds is 13. The van der Waals surface area contributed by atoms with Crippen LogP contribution < -0.4 is 19.5 Å². The quantitative estimate of drug-likeness (QED) is 0.292. The van der Waals surface area contributed by atoms with Gasteiger partial charge in [0.1, 0.15) is 23.3 Å². The summed E-state index contributed by atoms with van der Waals surface area (Å²) in [7, 11) is 3.10. The molecule has 0 unspecified atom stereocenters. The highest BCUT2D eigenvalue weighted by molar-refractivity contribution is 9.10. The van der Waals surface area contributed by atoms with Gasteiger partial charge in [0, 0.05) is 41.7 Å². The number of carbonyl (C=O) groups excluding carboxylic acids is 2. The van der Waals surface area contributed by atoms with Crippen LogP contribution >= 0.6 is 15.9 Å². The first kappa shape index (κ1) is 29.0. The molecular weight excluding hydrogens is 548 g/mol. The molecular formula is C30H35BrN2O5. The van der Waals surface area contributed by atoms with E-state index in [1.807, 2.05) is 68.4 Å². The SMILES string of the molecule is CC[C@H](C)NC(=O)[C@@H](Cc1ccccc1)N(Cc1ccc(Br)cc1)C(=O)COc1cc(OC)cc(OC)c1. The summed E-state index contributed by atoms with van der Waals surface area (Å²) in [5.74, 6) is 1.02. The minimum Gasteiger partial charge on any atom is -0.496 e. The molecule has 0 heterocycles. The molecule has 2 atom stereocenters. The largest absolute Gasteiger partial charge is 0.496 e. The van der Waals surface area contributed by atoms with Crippen molar-refractivity contribution < 1.29 is 23.8 Å². The van der Waals surface area contributed by atoms with Crippen LogP contribution in [0.3, 0.4) is 0 Å². The average Bonchev–Trinajstić information content (AvgIpc) is 2.94. The minimum atomic E-state index is -0.731. The number of halogens is 1. The lowest BCUT2D eigenvalue weighted by Gasteiger charge is -2.32. The lowest BCUT2D eigenvalue weighted by molar-refractivity contribution is -0.143. The Kier molecular flexibility index (Phi) is 11.0. The maximum atomic E-state index is 13.7. The van der Waals surface area contributed by atoms with E-state index in [2.05, 4.69) is 21.2 Å². The number of nitrogens with zero attached hydrogens (tertiary/aromatic N) is 1. The van der Waals surface area contributed by atoms with Gasteiger partial charge in [-0.25, -0.2) is 0 Å². The summed E-state index contributed by atoms with van der Waals surface area (Å²) in [4.78, 5) is 28.9. The van der Waals surface area contributed by atoms with Crippen LogP contribution in [-0.2, 0) is 22.6 Å². The van der Waals surface area contributed by atoms with Gasteiger partial charge in [-0.05, 0) is 36.6 Å². The zero-order chi connectivity index (χ0) is 27.5. The highest BCUT2D eigenvalue weighted by Crippen LogP contribution is 2.27. The fraction of sp³-hybridized carbons (Fsp3) is 0.333. The molecule has 0 saturated carbocycles. The Hall–Kier alpha value is -3.52. The predicted molar refractivity (Wildman–Crippen MR) is 152 cm³/mol. The standard InChI is InChI=1S/C30H35BrN2O5/c1-5-21(2)32-30(35)28(15-22-9-7-6-8-10-22)33(19-23-11-13-24(31)14-12-23)29(34)20-38-27-17-25(36-3)16-26(18-27)37-4/h6-14,16-18,21,28H,5,15,19-20H2,1-4H3,(H,32,35)/t21-,28+/m0/s1. The van der Waals surface area contributed by atoms with Crippen LogP contribution in [0.25, 0.3) is 0 Å². The molecule has 0 aromatic heterocycles. The maximum Gasteiger partial charge on any atom is 0.261 e.